The molecular formula is C26H30FN5O4. The van der Waals surface area contributed by atoms with Crippen molar-refractivity contribution in [1.82, 2.24) is 20.1 Å². The van der Waals surface area contributed by atoms with Gasteiger partial charge in [0.25, 0.3) is 5.56 Å². The Morgan fingerprint density at radius 2 is 1.78 bits per heavy atom. The number of carbonyl (C=O) groups excluding carboxylic acids is 1. The summed E-state index contributed by atoms with van der Waals surface area (Å²) in [7, 11) is 0. The van der Waals surface area contributed by atoms with Crippen molar-refractivity contribution < 1.29 is 18.7 Å². The highest BCUT2D eigenvalue weighted by Crippen LogP contribution is 2.21. The number of hydrogen-bond acceptors (Lipinski definition) is 7. The molecule has 1 N–H and O–H groups in total. The first-order valence-electron chi connectivity index (χ1n) is 12.1. The third kappa shape index (κ3) is 6.45. The van der Waals surface area contributed by atoms with Gasteiger partial charge in [0.05, 0.1) is 12.3 Å². The van der Waals surface area contributed by atoms with Crippen LogP contribution < -0.4 is 15.2 Å². The summed E-state index contributed by atoms with van der Waals surface area (Å²) in [6.45, 7) is 5.66. The fourth-order valence-electron chi connectivity index (χ4n) is 4.01. The van der Waals surface area contributed by atoms with Crippen LogP contribution >= 0.6 is 0 Å². The van der Waals surface area contributed by atoms with E-state index < -0.39 is 0 Å². The van der Waals surface area contributed by atoms with E-state index >= 15 is 0 Å². The molecule has 0 unspecified atom stereocenters. The van der Waals surface area contributed by atoms with Crippen LogP contribution in [0.3, 0.4) is 0 Å². The second kappa shape index (κ2) is 12.3. The van der Waals surface area contributed by atoms with E-state index in [1.165, 1.54) is 6.07 Å². The number of piperazine rings is 1. The molecule has 10 heteroatoms. The van der Waals surface area contributed by atoms with Gasteiger partial charge in [-0.3, -0.25) is 9.59 Å². The number of hydrogen-bond donors (Lipinski definition) is 1. The summed E-state index contributed by atoms with van der Waals surface area (Å²) in [6.07, 6.45) is 0.353. The molecular weight excluding hydrogens is 465 g/mol. The number of H-pyrrole nitrogens is 1. The summed E-state index contributed by atoms with van der Waals surface area (Å²) < 4.78 is 24.9. The number of rotatable bonds is 10. The molecule has 1 aromatic heterocycles. The van der Waals surface area contributed by atoms with Crippen molar-refractivity contribution in [3.63, 3.8) is 0 Å². The Hall–Kier alpha value is -3.79. The fourth-order valence-corrected chi connectivity index (χ4v) is 4.01. The van der Waals surface area contributed by atoms with Crippen molar-refractivity contribution in [2.45, 2.75) is 19.8 Å². The van der Waals surface area contributed by atoms with E-state index in [1.807, 2.05) is 11.8 Å². The maximum Gasteiger partial charge on any atom is 0.273 e. The standard InChI is InChI=1S/C26H30FN5O4/c1-2-35-17-18-36-20-9-7-19(8-10-20)25-28-26(34)22(29-30-25)11-12-24(33)32-15-13-31(14-16-32)23-6-4-3-5-21(23)27/h3-10H,2,11-18H2,1H3,(H,28,30,34). The lowest BCUT2D eigenvalue weighted by molar-refractivity contribution is -0.131. The van der Waals surface area contributed by atoms with Crippen molar-refractivity contribution in [2.24, 2.45) is 0 Å². The van der Waals surface area contributed by atoms with Crippen LogP contribution in [0.25, 0.3) is 11.4 Å². The second-order valence-corrected chi connectivity index (χ2v) is 8.34. The monoisotopic (exact) mass is 495 g/mol. The Morgan fingerprint density at radius 1 is 1.03 bits per heavy atom. The molecule has 0 atom stereocenters. The Labute approximate surface area is 208 Å². The summed E-state index contributed by atoms with van der Waals surface area (Å²) in [5.74, 6) is 0.715. The number of carbonyl (C=O) groups is 1. The second-order valence-electron chi connectivity index (χ2n) is 8.34. The van der Waals surface area contributed by atoms with E-state index in [2.05, 4.69) is 15.2 Å². The van der Waals surface area contributed by atoms with Crippen LogP contribution in [0.4, 0.5) is 10.1 Å². The molecule has 2 heterocycles. The number of benzene rings is 2. The van der Waals surface area contributed by atoms with E-state index in [0.29, 0.717) is 68.8 Å². The Morgan fingerprint density at radius 3 is 2.47 bits per heavy atom. The van der Waals surface area contributed by atoms with Gasteiger partial charge in [-0.05, 0) is 43.3 Å². The number of amides is 1. The molecule has 0 bridgehead atoms. The maximum atomic E-state index is 14.0. The first-order valence-corrected chi connectivity index (χ1v) is 12.1. The molecule has 1 aliphatic heterocycles. The zero-order valence-electron chi connectivity index (χ0n) is 20.3. The largest absolute Gasteiger partial charge is 0.491 e. The Kier molecular flexibility index (Phi) is 8.62. The van der Waals surface area contributed by atoms with Crippen molar-refractivity contribution in [3.8, 4) is 17.1 Å². The van der Waals surface area contributed by atoms with Gasteiger partial charge in [-0.1, -0.05) is 12.1 Å². The highest BCUT2D eigenvalue weighted by Gasteiger charge is 2.23. The van der Waals surface area contributed by atoms with Gasteiger partial charge >= 0.3 is 0 Å². The van der Waals surface area contributed by atoms with Gasteiger partial charge in [-0.2, -0.15) is 0 Å². The van der Waals surface area contributed by atoms with Crippen LogP contribution in [0, 0.1) is 5.82 Å². The number of aromatic nitrogens is 3. The third-order valence-electron chi connectivity index (χ3n) is 5.99. The smallest absolute Gasteiger partial charge is 0.273 e. The minimum absolute atomic E-state index is 0.0617. The molecule has 1 saturated heterocycles. The van der Waals surface area contributed by atoms with E-state index in [-0.39, 0.29) is 35.8 Å². The zero-order valence-corrected chi connectivity index (χ0v) is 20.3. The molecule has 4 rings (SSSR count). The SMILES string of the molecule is CCOCCOc1ccc(-c2nnc(CCC(=O)N3CCN(c4ccccc4F)CC3)c(=O)[nH]2)cc1. The molecule has 3 aromatic rings. The topological polar surface area (TPSA) is 101 Å². The highest BCUT2D eigenvalue weighted by molar-refractivity contribution is 5.76. The third-order valence-corrected chi connectivity index (χ3v) is 5.99. The van der Waals surface area contributed by atoms with Gasteiger partial charge in [0.2, 0.25) is 5.91 Å². The van der Waals surface area contributed by atoms with Crippen LogP contribution in [0.1, 0.15) is 19.0 Å². The van der Waals surface area contributed by atoms with Crippen molar-refractivity contribution in [2.75, 3.05) is 50.9 Å². The van der Waals surface area contributed by atoms with Crippen LogP contribution in [-0.4, -0.2) is 72.0 Å². The first-order chi connectivity index (χ1) is 17.5. The van der Waals surface area contributed by atoms with Crippen LogP contribution in [-0.2, 0) is 16.0 Å². The number of halogens is 1. The lowest BCUT2D eigenvalue weighted by atomic mass is 10.2. The van der Waals surface area contributed by atoms with Gasteiger partial charge < -0.3 is 24.3 Å². The number of para-hydroxylation sites is 1. The Bertz CT molecular complexity index is 1210. The summed E-state index contributed by atoms with van der Waals surface area (Å²) >= 11 is 0. The lowest BCUT2D eigenvalue weighted by Gasteiger charge is -2.36. The molecule has 1 amide bonds. The molecule has 1 fully saturated rings. The van der Waals surface area contributed by atoms with E-state index in [4.69, 9.17) is 9.47 Å². The zero-order chi connectivity index (χ0) is 25.3. The normalized spacial score (nSPS) is 13.6. The van der Waals surface area contributed by atoms with Gasteiger partial charge in [0, 0.05) is 51.2 Å². The number of aryl methyl sites for hydroxylation is 1. The van der Waals surface area contributed by atoms with Crippen LogP contribution in [0.15, 0.2) is 53.3 Å². The highest BCUT2D eigenvalue weighted by atomic mass is 19.1. The summed E-state index contributed by atoms with van der Waals surface area (Å²) in [5.41, 5.74) is 1.10. The first kappa shape index (κ1) is 25.3. The number of nitrogens with zero attached hydrogens (tertiary/aromatic N) is 4. The van der Waals surface area contributed by atoms with Gasteiger partial charge in [0.15, 0.2) is 5.82 Å². The molecule has 0 aliphatic carbocycles. The van der Waals surface area contributed by atoms with Crippen molar-refractivity contribution >= 4 is 11.6 Å². The molecule has 190 valence electrons. The van der Waals surface area contributed by atoms with Gasteiger partial charge in [0.1, 0.15) is 23.9 Å². The van der Waals surface area contributed by atoms with E-state index in [9.17, 15) is 14.0 Å². The molecule has 0 radical (unpaired) electrons. The number of aromatic amines is 1. The quantitative estimate of drug-likeness (QED) is 0.432. The van der Waals surface area contributed by atoms with Crippen molar-refractivity contribution in [3.05, 3.63) is 70.4 Å². The fraction of sp³-hybridized carbons (Fsp3) is 0.385. The maximum absolute atomic E-state index is 14.0. The van der Waals surface area contributed by atoms with Gasteiger partial charge in [-0.25, -0.2) is 4.39 Å². The average molecular weight is 496 g/mol. The number of ether oxygens (including phenoxy) is 2. The predicted octanol–water partition coefficient (Wildman–Crippen LogP) is 2.67. The molecule has 1 aliphatic rings. The van der Waals surface area contributed by atoms with E-state index in [0.717, 1.165) is 0 Å². The minimum atomic E-state index is -0.366. The molecule has 36 heavy (non-hydrogen) atoms. The molecule has 2 aromatic carbocycles. The predicted molar refractivity (Wildman–Crippen MR) is 134 cm³/mol. The minimum Gasteiger partial charge on any atom is -0.491 e. The lowest BCUT2D eigenvalue weighted by Crippen LogP contribution is -2.49. The summed E-state index contributed by atoms with van der Waals surface area (Å²) in [6, 6.07) is 13.8. The van der Waals surface area contributed by atoms with E-state index in [1.54, 1.807) is 47.4 Å². The number of nitrogens with one attached hydrogen (secondary N) is 1. The van der Waals surface area contributed by atoms with Crippen LogP contribution in [0.5, 0.6) is 5.75 Å². The van der Waals surface area contributed by atoms with Crippen molar-refractivity contribution in [1.29, 1.82) is 0 Å². The summed E-state index contributed by atoms with van der Waals surface area (Å²) in [4.78, 5) is 31.6. The summed E-state index contributed by atoms with van der Waals surface area (Å²) in [5, 5.41) is 8.20. The average Bonchev–Trinajstić information content (AvgIpc) is 2.91. The molecule has 0 spiro atoms. The Balaban J connectivity index is 1.27. The molecule has 0 saturated carbocycles. The van der Waals surface area contributed by atoms with Gasteiger partial charge in [-0.15, -0.1) is 10.2 Å². The number of anilines is 1. The van der Waals surface area contributed by atoms with Crippen LogP contribution in [0.2, 0.25) is 0 Å². The molecule has 9 nitrogen and oxygen atoms in total.